The van der Waals surface area contributed by atoms with Gasteiger partial charge in [0, 0.05) is 12.2 Å². The number of rotatable bonds is 9. The minimum atomic E-state index is -0.559. The SMILES string of the molecule is C=CC(=O)Nc1ccc(F)c(Nc2nc(Nc3cn(CCN(C)C)nc3Cl)ncc2Cl)c1. The van der Waals surface area contributed by atoms with Crippen molar-refractivity contribution in [2.45, 2.75) is 6.54 Å². The molecule has 0 saturated heterocycles. The van der Waals surface area contributed by atoms with Crippen molar-refractivity contribution in [3.63, 3.8) is 0 Å². The molecule has 0 aliphatic heterocycles. The molecule has 2 aromatic heterocycles. The Morgan fingerprint density at radius 2 is 2.06 bits per heavy atom. The van der Waals surface area contributed by atoms with Gasteiger partial charge in [0.25, 0.3) is 0 Å². The number of amides is 1. The number of halogens is 3. The summed E-state index contributed by atoms with van der Waals surface area (Å²) in [6.45, 7) is 4.83. The molecule has 0 aliphatic rings. The predicted molar refractivity (Wildman–Crippen MR) is 125 cm³/mol. The fourth-order valence-electron chi connectivity index (χ4n) is 2.55. The minimum absolute atomic E-state index is 0.0629. The van der Waals surface area contributed by atoms with E-state index in [0.29, 0.717) is 17.9 Å². The van der Waals surface area contributed by atoms with Crippen LogP contribution in [0.15, 0.2) is 43.2 Å². The Morgan fingerprint density at radius 3 is 2.78 bits per heavy atom. The van der Waals surface area contributed by atoms with Crippen LogP contribution in [0, 0.1) is 5.82 Å². The lowest BCUT2D eigenvalue weighted by Gasteiger charge is -2.12. The Balaban J connectivity index is 1.79. The average Bonchev–Trinajstić information content (AvgIpc) is 3.10. The fourth-order valence-corrected chi connectivity index (χ4v) is 2.89. The molecule has 0 spiro atoms. The molecule has 0 bridgehead atoms. The van der Waals surface area contributed by atoms with E-state index in [0.717, 1.165) is 12.6 Å². The highest BCUT2D eigenvalue weighted by molar-refractivity contribution is 6.33. The molecule has 0 radical (unpaired) electrons. The molecule has 2 heterocycles. The maximum atomic E-state index is 14.3. The quantitative estimate of drug-likeness (QED) is 0.394. The molecule has 0 unspecified atom stereocenters. The summed E-state index contributed by atoms with van der Waals surface area (Å²) in [5.74, 6) is -0.637. The molecule has 168 valence electrons. The largest absolute Gasteiger partial charge is 0.336 e. The van der Waals surface area contributed by atoms with Gasteiger partial charge in [-0.2, -0.15) is 10.1 Å². The summed E-state index contributed by atoms with van der Waals surface area (Å²) >= 11 is 12.4. The second-order valence-electron chi connectivity index (χ2n) is 6.93. The lowest BCUT2D eigenvalue weighted by atomic mass is 10.2. The van der Waals surface area contributed by atoms with Crippen LogP contribution in [-0.4, -0.2) is 51.2 Å². The van der Waals surface area contributed by atoms with Crippen LogP contribution < -0.4 is 16.0 Å². The Morgan fingerprint density at radius 1 is 1.28 bits per heavy atom. The van der Waals surface area contributed by atoms with Crippen LogP contribution in [0.5, 0.6) is 0 Å². The maximum Gasteiger partial charge on any atom is 0.247 e. The number of aromatic nitrogens is 4. The monoisotopic (exact) mass is 478 g/mol. The van der Waals surface area contributed by atoms with E-state index in [1.165, 1.54) is 24.4 Å². The van der Waals surface area contributed by atoms with Gasteiger partial charge in [-0.15, -0.1) is 0 Å². The molecule has 3 aromatic rings. The van der Waals surface area contributed by atoms with E-state index in [1.54, 1.807) is 10.9 Å². The van der Waals surface area contributed by atoms with E-state index >= 15 is 0 Å². The zero-order chi connectivity index (χ0) is 23.3. The number of benzene rings is 1. The number of carbonyl (C=O) groups excluding carboxylic acids is 1. The van der Waals surface area contributed by atoms with Crippen molar-refractivity contribution in [2.24, 2.45) is 0 Å². The van der Waals surface area contributed by atoms with Crippen LogP contribution >= 0.6 is 23.2 Å². The first kappa shape index (κ1) is 23.5. The zero-order valence-electron chi connectivity index (χ0n) is 17.4. The fraction of sp³-hybridized carbons (Fsp3) is 0.200. The highest BCUT2D eigenvalue weighted by atomic mass is 35.5. The Kier molecular flexibility index (Phi) is 7.62. The highest BCUT2D eigenvalue weighted by Crippen LogP contribution is 2.29. The number of hydrogen-bond donors (Lipinski definition) is 3. The van der Waals surface area contributed by atoms with Gasteiger partial charge in [-0.1, -0.05) is 29.8 Å². The topological polar surface area (TPSA) is 100 Å². The Bertz CT molecular complexity index is 1130. The molecule has 0 saturated carbocycles. The molecular formula is C20H21Cl2FN8O. The third kappa shape index (κ3) is 6.16. The lowest BCUT2D eigenvalue weighted by Crippen LogP contribution is -2.18. The summed E-state index contributed by atoms with van der Waals surface area (Å²) in [5.41, 5.74) is 0.950. The first-order valence-corrected chi connectivity index (χ1v) is 10.2. The Labute approximate surface area is 194 Å². The van der Waals surface area contributed by atoms with Crippen LogP contribution in [0.3, 0.4) is 0 Å². The van der Waals surface area contributed by atoms with Gasteiger partial charge in [-0.3, -0.25) is 9.48 Å². The number of likely N-dealkylation sites (N-methyl/N-ethyl adjacent to an activating group) is 1. The number of hydrogen-bond acceptors (Lipinski definition) is 7. The van der Waals surface area contributed by atoms with Gasteiger partial charge < -0.3 is 20.9 Å². The van der Waals surface area contributed by atoms with Crippen molar-refractivity contribution < 1.29 is 9.18 Å². The highest BCUT2D eigenvalue weighted by Gasteiger charge is 2.13. The Hall–Kier alpha value is -3.21. The van der Waals surface area contributed by atoms with Crippen molar-refractivity contribution in [1.29, 1.82) is 0 Å². The van der Waals surface area contributed by atoms with Gasteiger partial charge >= 0.3 is 0 Å². The number of carbonyl (C=O) groups is 1. The van der Waals surface area contributed by atoms with E-state index < -0.39 is 11.7 Å². The molecule has 1 aromatic carbocycles. The van der Waals surface area contributed by atoms with Crippen molar-refractivity contribution in [1.82, 2.24) is 24.6 Å². The molecule has 3 N–H and O–H groups in total. The van der Waals surface area contributed by atoms with Gasteiger partial charge in [-0.05, 0) is 38.4 Å². The van der Waals surface area contributed by atoms with Gasteiger partial charge in [0.05, 0.1) is 30.3 Å². The van der Waals surface area contributed by atoms with E-state index in [-0.39, 0.29) is 27.6 Å². The summed E-state index contributed by atoms with van der Waals surface area (Å²) in [4.78, 5) is 22.0. The molecule has 0 fully saturated rings. The second-order valence-corrected chi connectivity index (χ2v) is 7.69. The molecular weight excluding hydrogens is 458 g/mol. The van der Waals surface area contributed by atoms with Crippen molar-refractivity contribution in [2.75, 3.05) is 36.6 Å². The normalized spacial score (nSPS) is 10.8. The van der Waals surface area contributed by atoms with E-state index in [2.05, 4.69) is 37.6 Å². The van der Waals surface area contributed by atoms with Gasteiger partial charge in [0.1, 0.15) is 10.8 Å². The predicted octanol–water partition coefficient (Wildman–Crippen LogP) is 4.29. The van der Waals surface area contributed by atoms with Crippen LogP contribution in [0.25, 0.3) is 0 Å². The minimum Gasteiger partial charge on any atom is -0.336 e. The summed E-state index contributed by atoms with van der Waals surface area (Å²) in [7, 11) is 3.93. The van der Waals surface area contributed by atoms with E-state index in [1.807, 2.05) is 19.0 Å². The summed E-state index contributed by atoms with van der Waals surface area (Å²) < 4.78 is 16.0. The van der Waals surface area contributed by atoms with Gasteiger partial charge in [-0.25, -0.2) is 9.37 Å². The molecule has 12 heteroatoms. The van der Waals surface area contributed by atoms with Crippen LogP contribution in [0.4, 0.5) is 33.2 Å². The van der Waals surface area contributed by atoms with Gasteiger partial charge in [0.2, 0.25) is 11.9 Å². The van der Waals surface area contributed by atoms with Crippen LogP contribution in [0.1, 0.15) is 0 Å². The maximum absolute atomic E-state index is 14.3. The first-order chi connectivity index (χ1) is 15.2. The molecule has 32 heavy (non-hydrogen) atoms. The molecule has 1 amide bonds. The summed E-state index contributed by atoms with van der Waals surface area (Å²) in [6, 6.07) is 4.04. The van der Waals surface area contributed by atoms with Crippen LogP contribution in [-0.2, 0) is 11.3 Å². The summed E-state index contributed by atoms with van der Waals surface area (Å²) in [6.07, 6.45) is 4.22. The first-order valence-electron chi connectivity index (χ1n) is 9.42. The van der Waals surface area contributed by atoms with Crippen LogP contribution in [0.2, 0.25) is 10.2 Å². The second kappa shape index (κ2) is 10.4. The van der Waals surface area contributed by atoms with Gasteiger partial charge in [0.15, 0.2) is 11.0 Å². The van der Waals surface area contributed by atoms with Crippen molar-refractivity contribution in [3.8, 4) is 0 Å². The molecule has 3 rings (SSSR count). The van der Waals surface area contributed by atoms with E-state index in [9.17, 15) is 9.18 Å². The molecule has 0 atom stereocenters. The van der Waals surface area contributed by atoms with Crippen molar-refractivity contribution in [3.05, 3.63) is 59.2 Å². The van der Waals surface area contributed by atoms with E-state index in [4.69, 9.17) is 23.2 Å². The third-order valence-electron chi connectivity index (χ3n) is 4.16. The molecule has 0 aliphatic carbocycles. The average molecular weight is 479 g/mol. The number of nitrogens with zero attached hydrogens (tertiary/aromatic N) is 5. The lowest BCUT2D eigenvalue weighted by molar-refractivity contribution is -0.111. The smallest absolute Gasteiger partial charge is 0.247 e. The third-order valence-corrected chi connectivity index (χ3v) is 4.71. The zero-order valence-corrected chi connectivity index (χ0v) is 18.9. The number of nitrogens with one attached hydrogen (secondary N) is 3. The standard InChI is InChI=1S/C20H21Cl2FN8O/c1-4-17(32)25-12-5-6-14(23)15(9-12)26-19-13(21)10-24-20(28-19)27-16-11-31(29-18(16)22)8-7-30(2)3/h4-6,9-11H,1,7-8H2,2-3H3,(H,25,32)(H2,24,26,27,28). The summed E-state index contributed by atoms with van der Waals surface area (Å²) in [5, 5.41) is 13.0. The molecule has 9 nitrogen and oxygen atoms in total. The van der Waals surface area contributed by atoms with Crippen molar-refractivity contribution >= 4 is 57.9 Å². The number of anilines is 5.